The molecular weight excluding hydrogens is 406 g/mol. The van der Waals surface area contributed by atoms with Gasteiger partial charge in [-0.05, 0) is 55.5 Å². The SMILES string of the molecule is O=C(C1CCN(c2nc3ccccc3o2)CC1)N1CCC[C@@H]1c1ccc2c(c1)OCCO2. The first kappa shape index (κ1) is 19.5. The maximum atomic E-state index is 13.5. The summed E-state index contributed by atoms with van der Waals surface area (Å²) in [6.45, 7) is 3.55. The zero-order chi connectivity index (χ0) is 21.5. The van der Waals surface area contributed by atoms with Crippen LogP contribution in [-0.4, -0.2) is 48.6 Å². The number of amides is 1. The van der Waals surface area contributed by atoms with Gasteiger partial charge in [0.2, 0.25) is 5.91 Å². The predicted octanol–water partition coefficient (Wildman–Crippen LogP) is 4.18. The van der Waals surface area contributed by atoms with Crippen LogP contribution in [0.25, 0.3) is 11.1 Å². The molecule has 6 rings (SSSR count). The normalized spacial score (nSPS) is 21.3. The highest BCUT2D eigenvalue weighted by Gasteiger charge is 2.36. The Balaban J connectivity index is 1.13. The highest BCUT2D eigenvalue weighted by Crippen LogP contribution is 2.39. The largest absolute Gasteiger partial charge is 0.486 e. The Morgan fingerprint density at radius 2 is 1.75 bits per heavy atom. The minimum absolute atomic E-state index is 0.0495. The molecule has 2 fully saturated rings. The molecule has 0 saturated carbocycles. The van der Waals surface area contributed by atoms with Crippen molar-refractivity contribution in [1.29, 1.82) is 0 Å². The van der Waals surface area contributed by atoms with E-state index in [1.807, 2.05) is 30.3 Å². The van der Waals surface area contributed by atoms with Crippen molar-refractivity contribution in [3.05, 3.63) is 48.0 Å². The molecule has 0 aliphatic carbocycles. The Morgan fingerprint density at radius 3 is 2.59 bits per heavy atom. The molecule has 166 valence electrons. The van der Waals surface area contributed by atoms with E-state index in [0.29, 0.717) is 19.2 Å². The molecule has 0 bridgehead atoms. The Hall–Kier alpha value is -3.22. The third-order valence-electron chi connectivity index (χ3n) is 6.88. The lowest BCUT2D eigenvalue weighted by atomic mass is 9.94. The van der Waals surface area contributed by atoms with Crippen LogP contribution in [0.4, 0.5) is 6.01 Å². The van der Waals surface area contributed by atoms with Crippen LogP contribution in [0.2, 0.25) is 0 Å². The van der Waals surface area contributed by atoms with Gasteiger partial charge in [-0.2, -0.15) is 4.98 Å². The van der Waals surface area contributed by atoms with Crippen LogP contribution in [0.1, 0.15) is 37.3 Å². The number of fused-ring (bicyclic) bond motifs is 2. The van der Waals surface area contributed by atoms with Gasteiger partial charge in [0.05, 0.1) is 6.04 Å². The number of ether oxygens (including phenoxy) is 2. The van der Waals surface area contributed by atoms with Gasteiger partial charge < -0.3 is 23.7 Å². The van der Waals surface area contributed by atoms with E-state index in [1.165, 1.54) is 0 Å². The Morgan fingerprint density at radius 1 is 0.938 bits per heavy atom. The number of piperidine rings is 1. The number of hydrogen-bond acceptors (Lipinski definition) is 6. The van der Waals surface area contributed by atoms with E-state index in [0.717, 1.165) is 73.5 Å². The van der Waals surface area contributed by atoms with Gasteiger partial charge >= 0.3 is 0 Å². The van der Waals surface area contributed by atoms with Crippen LogP contribution in [0.15, 0.2) is 46.9 Å². The molecule has 0 spiro atoms. The first-order chi connectivity index (χ1) is 15.8. The zero-order valence-corrected chi connectivity index (χ0v) is 18.0. The molecule has 1 aromatic heterocycles. The summed E-state index contributed by atoms with van der Waals surface area (Å²) in [5.41, 5.74) is 2.82. The predicted molar refractivity (Wildman–Crippen MR) is 120 cm³/mol. The van der Waals surface area contributed by atoms with Gasteiger partial charge in [0.15, 0.2) is 17.1 Å². The monoisotopic (exact) mass is 433 g/mol. The number of hydrogen-bond donors (Lipinski definition) is 0. The molecular formula is C25H27N3O4. The minimum atomic E-state index is 0.0495. The van der Waals surface area contributed by atoms with Crippen LogP contribution in [0, 0.1) is 5.92 Å². The number of rotatable bonds is 3. The standard InChI is InChI=1S/C25H27N3O4/c29-24(17-9-12-27(13-10-17)25-26-19-4-1-2-6-21(19)32-25)28-11-3-5-20(28)18-7-8-22-23(16-18)31-15-14-30-22/h1-2,4,6-8,16-17,20H,3,5,9-15H2/t20-/m1/s1. The number of benzene rings is 2. The molecule has 2 saturated heterocycles. The molecule has 7 heteroatoms. The summed E-state index contributed by atoms with van der Waals surface area (Å²) in [6, 6.07) is 14.7. The van der Waals surface area contributed by atoms with Gasteiger partial charge in [0.1, 0.15) is 18.7 Å². The maximum Gasteiger partial charge on any atom is 0.298 e. The van der Waals surface area contributed by atoms with Crippen molar-refractivity contribution >= 4 is 23.0 Å². The third-order valence-corrected chi connectivity index (χ3v) is 6.88. The van der Waals surface area contributed by atoms with Crippen LogP contribution in [0.5, 0.6) is 11.5 Å². The Bertz CT molecular complexity index is 1100. The van der Waals surface area contributed by atoms with Gasteiger partial charge in [-0.25, -0.2) is 0 Å². The first-order valence-electron chi connectivity index (χ1n) is 11.6. The van der Waals surface area contributed by atoms with Gasteiger partial charge in [-0.1, -0.05) is 18.2 Å². The molecule has 1 amide bonds. The lowest BCUT2D eigenvalue weighted by Gasteiger charge is -2.34. The lowest BCUT2D eigenvalue weighted by Crippen LogP contribution is -2.42. The van der Waals surface area contributed by atoms with Crippen molar-refractivity contribution in [3.8, 4) is 11.5 Å². The first-order valence-corrected chi connectivity index (χ1v) is 11.6. The number of anilines is 1. The fraction of sp³-hybridized carbons (Fsp3) is 0.440. The summed E-state index contributed by atoms with van der Waals surface area (Å²) in [7, 11) is 0. The summed E-state index contributed by atoms with van der Waals surface area (Å²) in [5, 5.41) is 0. The van der Waals surface area contributed by atoms with E-state index in [-0.39, 0.29) is 17.9 Å². The average molecular weight is 434 g/mol. The Labute approximate surface area is 186 Å². The van der Waals surface area contributed by atoms with Crippen molar-refractivity contribution in [2.45, 2.75) is 31.7 Å². The Kier molecular flexibility index (Phi) is 4.89. The van der Waals surface area contributed by atoms with E-state index < -0.39 is 0 Å². The van der Waals surface area contributed by atoms with Crippen molar-refractivity contribution in [1.82, 2.24) is 9.88 Å². The van der Waals surface area contributed by atoms with Crippen molar-refractivity contribution < 1.29 is 18.7 Å². The van der Waals surface area contributed by atoms with Crippen LogP contribution >= 0.6 is 0 Å². The molecule has 4 heterocycles. The van der Waals surface area contributed by atoms with Crippen LogP contribution in [0.3, 0.4) is 0 Å². The lowest BCUT2D eigenvalue weighted by molar-refractivity contribution is -0.137. The summed E-state index contributed by atoms with van der Waals surface area (Å²) in [5.74, 6) is 1.91. The zero-order valence-electron chi connectivity index (χ0n) is 18.0. The van der Waals surface area contributed by atoms with Crippen LogP contribution < -0.4 is 14.4 Å². The molecule has 32 heavy (non-hydrogen) atoms. The van der Waals surface area contributed by atoms with E-state index in [1.54, 1.807) is 0 Å². The number of para-hydroxylation sites is 2. The molecule has 0 N–H and O–H groups in total. The van der Waals surface area contributed by atoms with Crippen molar-refractivity contribution in [2.75, 3.05) is 37.7 Å². The molecule has 1 atom stereocenters. The van der Waals surface area contributed by atoms with E-state index in [2.05, 4.69) is 26.9 Å². The number of oxazole rings is 1. The molecule has 3 aliphatic rings. The topological polar surface area (TPSA) is 68.0 Å². The van der Waals surface area contributed by atoms with Gasteiger partial charge in [-0.15, -0.1) is 0 Å². The number of nitrogens with zero attached hydrogens (tertiary/aromatic N) is 3. The number of aromatic nitrogens is 1. The van der Waals surface area contributed by atoms with Gasteiger partial charge in [0.25, 0.3) is 6.01 Å². The summed E-state index contributed by atoms with van der Waals surface area (Å²) < 4.78 is 17.3. The van der Waals surface area contributed by atoms with Crippen LogP contribution in [-0.2, 0) is 4.79 Å². The molecule has 7 nitrogen and oxygen atoms in total. The van der Waals surface area contributed by atoms with Gasteiger partial charge in [-0.3, -0.25) is 4.79 Å². The average Bonchev–Trinajstić information content (AvgIpc) is 3.51. The molecule has 0 radical (unpaired) electrons. The second-order valence-electron chi connectivity index (χ2n) is 8.82. The highest BCUT2D eigenvalue weighted by molar-refractivity contribution is 5.80. The summed E-state index contributed by atoms with van der Waals surface area (Å²) >= 11 is 0. The van der Waals surface area contributed by atoms with Gasteiger partial charge in [0, 0.05) is 25.6 Å². The third kappa shape index (κ3) is 3.45. The smallest absolute Gasteiger partial charge is 0.298 e. The minimum Gasteiger partial charge on any atom is -0.486 e. The molecule has 3 aromatic rings. The molecule has 0 unspecified atom stereocenters. The second kappa shape index (κ2) is 8.04. The van der Waals surface area contributed by atoms with Crippen molar-refractivity contribution in [2.24, 2.45) is 5.92 Å². The summed E-state index contributed by atoms with van der Waals surface area (Å²) in [6.07, 6.45) is 3.67. The van der Waals surface area contributed by atoms with E-state index >= 15 is 0 Å². The quantitative estimate of drug-likeness (QED) is 0.617. The molecule has 3 aliphatic heterocycles. The summed E-state index contributed by atoms with van der Waals surface area (Å²) in [4.78, 5) is 22.3. The van der Waals surface area contributed by atoms with Crippen molar-refractivity contribution in [3.63, 3.8) is 0 Å². The number of carbonyl (C=O) groups excluding carboxylic acids is 1. The maximum absolute atomic E-state index is 13.5. The number of carbonyl (C=O) groups is 1. The molecule has 2 aromatic carbocycles. The second-order valence-corrected chi connectivity index (χ2v) is 8.82. The fourth-order valence-corrected chi connectivity index (χ4v) is 5.19. The highest BCUT2D eigenvalue weighted by atomic mass is 16.6. The van der Waals surface area contributed by atoms with E-state index in [9.17, 15) is 4.79 Å². The number of likely N-dealkylation sites (tertiary alicyclic amines) is 1. The van der Waals surface area contributed by atoms with E-state index in [4.69, 9.17) is 13.9 Å². The fourth-order valence-electron chi connectivity index (χ4n) is 5.19.